The predicted molar refractivity (Wildman–Crippen MR) is 74.8 cm³/mol. The first kappa shape index (κ1) is 15.1. The number of pyridine rings is 1. The van der Waals surface area contributed by atoms with Gasteiger partial charge in [-0.05, 0) is 26.8 Å². The molecule has 0 unspecified atom stereocenters. The largest absolute Gasteiger partial charge is 0.444 e. The number of anilines is 1. The van der Waals surface area contributed by atoms with Gasteiger partial charge in [-0.2, -0.15) is 0 Å². The Labute approximate surface area is 117 Å². The third-order valence-electron chi connectivity index (χ3n) is 1.83. The van der Waals surface area contributed by atoms with Gasteiger partial charge in [-0.3, -0.25) is 0 Å². The Kier molecular flexibility index (Phi) is 5.02. The van der Waals surface area contributed by atoms with Crippen LogP contribution in [0.3, 0.4) is 0 Å². The van der Waals surface area contributed by atoms with Gasteiger partial charge in [0.2, 0.25) is 0 Å². The van der Waals surface area contributed by atoms with E-state index in [1.54, 1.807) is 26.8 Å². The summed E-state index contributed by atoms with van der Waals surface area (Å²) in [5, 5.41) is 2.97. The molecule has 0 aliphatic rings. The van der Waals surface area contributed by atoms with E-state index in [-0.39, 0.29) is 6.54 Å². The molecule has 1 heterocycles. The van der Waals surface area contributed by atoms with Crippen LogP contribution in [-0.2, 0) is 4.74 Å². The summed E-state index contributed by atoms with van der Waals surface area (Å²) in [7, 11) is 0. The average molecular weight is 282 g/mol. The van der Waals surface area contributed by atoms with Crippen LogP contribution in [0.25, 0.3) is 0 Å². The van der Waals surface area contributed by atoms with Gasteiger partial charge in [0.25, 0.3) is 0 Å². The molecular formula is C13H16ClN3O2. The lowest BCUT2D eigenvalue weighted by Crippen LogP contribution is -2.32. The number of nitrogen functional groups attached to an aromatic ring is 1. The minimum Gasteiger partial charge on any atom is -0.444 e. The molecule has 0 bridgehead atoms. The zero-order chi connectivity index (χ0) is 14.5. The molecule has 6 heteroatoms. The van der Waals surface area contributed by atoms with Gasteiger partial charge < -0.3 is 15.8 Å². The molecule has 1 aromatic heterocycles. The van der Waals surface area contributed by atoms with Crippen molar-refractivity contribution in [3.8, 4) is 11.8 Å². The van der Waals surface area contributed by atoms with Crippen LogP contribution < -0.4 is 11.1 Å². The number of amides is 1. The van der Waals surface area contributed by atoms with Crippen LogP contribution in [0.4, 0.5) is 10.6 Å². The number of hydrogen-bond acceptors (Lipinski definition) is 4. The molecule has 1 aromatic rings. The Morgan fingerprint density at radius 3 is 2.89 bits per heavy atom. The van der Waals surface area contributed by atoms with Crippen molar-refractivity contribution < 1.29 is 9.53 Å². The Morgan fingerprint density at radius 1 is 1.58 bits per heavy atom. The molecule has 0 fully saturated rings. The predicted octanol–water partition coefficient (Wildman–Crippen LogP) is 2.19. The number of nitrogens with zero attached hydrogens (tertiary/aromatic N) is 1. The van der Waals surface area contributed by atoms with E-state index >= 15 is 0 Å². The van der Waals surface area contributed by atoms with E-state index in [4.69, 9.17) is 22.1 Å². The van der Waals surface area contributed by atoms with Gasteiger partial charge in [-0.25, -0.2) is 9.78 Å². The number of halogens is 1. The standard InChI is InChI=1S/C13H16ClN3O2/c1-13(2,3)19-12(18)16-6-4-5-9-7-10(14)8-17-11(9)15/h7-8H,6H2,1-3H3,(H2,15,17)(H,16,18). The first-order valence-corrected chi connectivity index (χ1v) is 6.02. The number of aromatic nitrogens is 1. The molecule has 0 atom stereocenters. The van der Waals surface area contributed by atoms with Gasteiger partial charge in [-0.15, -0.1) is 0 Å². The van der Waals surface area contributed by atoms with Crippen LogP contribution in [0.15, 0.2) is 12.3 Å². The lowest BCUT2D eigenvalue weighted by atomic mass is 10.2. The molecule has 0 aliphatic carbocycles. The summed E-state index contributed by atoms with van der Waals surface area (Å²) in [6.07, 6.45) is 0.931. The topological polar surface area (TPSA) is 77.2 Å². The first-order valence-electron chi connectivity index (χ1n) is 5.64. The summed E-state index contributed by atoms with van der Waals surface area (Å²) in [6, 6.07) is 1.62. The molecule has 0 aliphatic heterocycles. The number of rotatable bonds is 1. The summed E-state index contributed by atoms with van der Waals surface area (Å²) in [5.41, 5.74) is 5.63. The highest BCUT2D eigenvalue weighted by Crippen LogP contribution is 2.13. The van der Waals surface area contributed by atoms with Gasteiger partial charge in [-0.1, -0.05) is 23.4 Å². The van der Waals surface area contributed by atoms with Crippen molar-refractivity contribution in [2.45, 2.75) is 26.4 Å². The van der Waals surface area contributed by atoms with E-state index in [0.29, 0.717) is 16.4 Å². The number of carbonyl (C=O) groups is 1. The summed E-state index contributed by atoms with van der Waals surface area (Å²) in [6.45, 7) is 5.52. The molecular weight excluding hydrogens is 266 g/mol. The van der Waals surface area contributed by atoms with Crippen molar-refractivity contribution in [1.82, 2.24) is 10.3 Å². The third kappa shape index (κ3) is 5.98. The van der Waals surface area contributed by atoms with Crippen molar-refractivity contribution in [1.29, 1.82) is 0 Å². The fourth-order valence-electron chi connectivity index (χ4n) is 1.12. The van der Waals surface area contributed by atoms with Crippen LogP contribution in [0.2, 0.25) is 5.02 Å². The Hall–Kier alpha value is -1.93. The van der Waals surface area contributed by atoms with Crippen LogP contribution in [0.1, 0.15) is 26.3 Å². The number of carbonyl (C=O) groups excluding carboxylic acids is 1. The molecule has 1 amide bonds. The second-order valence-electron chi connectivity index (χ2n) is 4.74. The van der Waals surface area contributed by atoms with Crippen LogP contribution in [-0.4, -0.2) is 23.2 Å². The Balaban J connectivity index is 2.52. The molecule has 102 valence electrons. The van der Waals surface area contributed by atoms with Crippen molar-refractivity contribution in [3.05, 3.63) is 22.8 Å². The number of ether oxygens (including phenoxy) is 1. The highest BCUT2D eigenvalue weighted by atomic mass is 35.5. The van der Waals surface area contributed by atoms with E-state index in [2.05, 4.69) is 22.1 Å². The minimum absolute atomic E-state index is 0.154. The molecule has 1 rings (SSSR count). The number of nitrogens with two attached hydrogens (primary N) is 1. The Bertz CT molecular complexity index is 527. The molecule has 0 aromatic carbocycles. The quantitative estimate of drug-likeness (QED) is 0.774. The van der Waals surface area contributed by atoms with Crippen molar-refractivity contribution in [2.24, 2.45) is 0 Å². The molecule has 0 radical (unpaired) electrons. The zero-order valence-corrected chi connectivity index (χ0v) is 11.8. The van der Waals surface area contributed by atoms with E-state index < -0.39 is 11.7 Å². The summed E-state index contributed by atoms with van der Waals surface area (Å²) < 4.78 is 5.06. The van der Waals surface area contributed by atoms with Gasteiger partial charge >= 0.3 is 6.09 Å². The molecule has 0 spiro atoms. The normalized spacial score (nSPS) is 10.3. The van der Waals surface area contributed by atoms with Gasteiger partial charge in [0.15, 0.2) is 0 Å². The van der Waals surface area contributed by atoms with E-state index in [1.807, 2.05) is 0 Å². The highest BCUT2D eigenvalue weighted by Gasteiger charge is 2.14. The fraction of sp³-hybridized carbons (Fsp3) is 0.385. The van der Waals surface area contributed by atoms with Crippen molar-refractivity contribution in [3.63, 3.8) is 0 Å². The summed E-state index contributed by atoms with van der Waals surface area (Å²) >= 11 is 5.78. The van der Waals surface area contributed by atoms with Crippen LogP contribution >= 0.6 is 11.6 Å². The maximum absolute atomic E-state index is 11.3. The zero-order valence-electron chi connectivity index (χ0n) is 11.1. The number of alkyl carbamates (subject to hydrolysis) is 1. The van der Waals surface area contributed by atoms with Crippen molar-refractivity contribution >= 4 is 23.5 Å². The second-order valence-corrected chi connectivity index (χ2v) is 5.18. The fourth-order valence-corrected chi connectivity index (χ4v) is 1.28. The van der Waals surface area contributed by atoms with Gasteiger partial charge in [0, 0.05) is 6.20 Å². The third-order valence-corrected chi connectivity index (χ3v) is 2.03. The number of hydrogen-bond donors (Lipinski definition) is 2. The molecule has 5 nitrogen and oxygen atoms in total. The maximum Gasteiger partial charge on any atom is 0.408 e. The molecule has 19 heavy (non-hydrogen) atoms. The Morgan fingerprint density at radius 2 is 2.26 bits per heavy atom. The lowest BCUT2D eigenvalue weighted by Gasteiger charge is -2.18. The number of nitrogens with one attached hydrogen (secondary N) is 1. The first-order chi connectivity index (χ1) is 8.78. The summed E-state index contributed by atoms with van der Waals surface area (Å²) in [5.74, 6) is 5.83. The monoisotopic (exact) mass is 281 g/mol. The molecule has 0 saturated carbocycles. The molecule has 0 saturated heterocycles. The SMILES string of the molecule is CC(C)(C)OC(=O)NCC#Cc1cc(Cl)cnc1N. The highest BCUT2D eigenvalue weighted by molar-refractivity contribution is 6.30. The van der Waals surface area contributed by atoms with Crippen LogP contribution in [0, 0.1) is 11.8 Å². The van der Waals surface area contributed by atoms with Crippen LogP contribution in [0.5, 0.6) is 0 Å². The van der Waals surface area contributed by atoms with E-state index in [9.17, 15) is 4.79 Å². The second kappa shape index (κ2) is 6.30. The van der Waals surface area contributed by atoms with Gasteiger partial charge in [0.05, 0.1) is 17.1 Å². The smallest absolute Gasteiger partial charge is 0.408 e. The maximum atomic E-state index is 11.3. The summed E-state index contributed by atoms with van der Waals surface area (Å²) in [4.78, 5) is 15.2. The lowest BCUT2D eigenvalue weighted by molar-refractivity contribution is 0.0535. The van der Waals surface area contributed by atoms with Crippen molar-refractivity contribution in [2.75, 3.05) is 12.3 Å². The van der Waals surface area contributed by atoms with E-state index in [0.717, 1.165) is 0 Å². The van der Waals surface area contributed by atoms with Gasteiger partial charge in [0.1, 0.15) is 11.4 Å². The average Bonchev–Trinajstić information content (AvgIpc) is 2.26. The van der Waals surface area contributed by atoms with E-state index in [1.165, 1.54) is 6.20 Å². The molecule has 3 N–H and O–H groups in total. The minimum atomic E-state index is -0.529.